The highest BCUT2D eigenvalue weighted by Crippen LogP contribution is 2.24. The van der Waals surface area contributed by atoms with E-state index in [2.05, 4.69) is 17.6 Å². The van der Waals surface area contributed by atoms with Gasteiger partial charge in [-0.15, -0.1) is 0 Å². The number of anilines is 1. The van der Waals surface area contributed by atoms with Crippen LogP contribution in [0.15, 0.2) is 48.5 Å². The molecule has 2 N–H and O–H groups in total. The van der Waals surface area contributed by atoms with Crippen molar-refractivity contribution in [1.82, 2.24) is 9.88 Å². The molecular formula is C23H26ClN3O4. The van der Waals surface area contributed by atoms with Gasteiger partial charge in [-0.2, -0.15) is 0 Å². The van der Waals surface area contributed by atoms with Crippen molar-refractivity contribution in [3.05, 3.63) is 59.2 Å². The Morgan fingerprint density at radius 1 is 1.10 bits per heavy atom. The zero-order chi connectivity index (χ0) is 22.2. The molecule has 0 fully saturated rings. The summed E-state index contributed by atoms with van der Waals surface area (Å²) in [5.41, 5.74) is 2.16. The number of nitrogens with one attached hydrogen (secondary N) is 2. The molecule has 0 aliphatic heterocycles. The Bertz CT molecular complexity index is 1050. The van der Waals surface area contributed by atoms with E-state index in [9.17, 15) is 9.59 Å². The van der Waals surface area contributed by atoms with Crippen LogP contribution < -0.4 is 15.4 Å². The lowest BCUT2D eigenvalue weighted by Gasteiger charge is -2.10. The van der Waals surface area contributed by atoms with Gasteiger partial charge in [0.2, 0.25) is 0 Å². The average Bonchev–Trinajstić information content (AvgIpc) is 3.11. The summed E-state index contributed by atoms with van der Waals surface area (Å²) in [7, 11) is 1.59. The molecule has 0 unspecified atom stereocenters. The van der Waals surface area contributed by atoms with Crippen molar-refractivity contribution in [3.63, 3.8) is 0 Å². The molecule has 0 aliphatic carbocycles. The summed E-state index contributed by atoms with van der Waals surface area (Å²) < 4.78 is 12.5. The lowest BCUT2D eigenvalue weighted by Crippen LogP contribution is -2.28. The summed E-state index contributed by atoms with van der Waals surface area (Å²) in [5.74, 6) is 0.138. The molecule has 0 saturated carbocycles. The molecule has 0 aliphatic rings. The maximum absolute atomic E-state index is 12.6. The first-order valence-corrected chi connectivity index (χ1v) is 10.5. The first-order valence-electron chi connectivity index (χ1n) is 10.1. The van der Waals surface area contributed by atoms with E-state index in [1.165, 1.54) is 0 Å². The van der Waals surface area contributed by atoms with Gasteiger partial charge in [0.25, 0.3) is 11.8 Å². The summed E-state index contributed by atoms with van der Waals surface area (Å²) in [6, 6.07) is 14.2. The summed E-state index contributed by atoms with van der Waals surface area (Å²) in [4.78, 5) is 24.9. The number of ether oxygens (including phenoxy) is 2. The fourth-order valence-electron chi connectivity index (χ4n) is 3.24. The van der Waals surface area contributed by atoms with Crippen LogP contribution in [-0.2, 0) is 16.1 Å². The van der Waals surface area contributed by atoms with Gasteiger partial charge in [-0.25, -0.2) is 0 Å². The van der Waals surface area contributed by atoms with Crippen molar-refractivity contribution in [1.29, 1.82) is 0 Å². The van der Waals surface area contributed by atoms with Gasteiger partial charge in [-0.1, -0.05) is 18.5 Å². The summed E-state index contributed by atoms with van der Waals surface area (Å²) >= 11 is 5.85. The van der Waals surface area contributed by atoms with Gasteiger partial charge in [0.1, 0.15) is 11.4 Å². The molecule has 7 nitrogen and oxygen atoms in total. The number of methoxy groups -OCH3 is 1. The molecule has 2 aromatic carbocycles. The number of aromatic nitrogens is 1. The van der Waals surface area contributed by atoms with Crippen LogP contribution in [-0.4, -0.2) is 43.2 Å². The quantitative estimate of drug-likeness (QED) is 0.462. The largest absolute Gasteiger partial charge is 0.484 e. The van der Waals surface area contributed by atoms with E-state index in [1.54, 1.807) is 31.4 Å². The van der Waals surface area contributed by atoms with Gasteiger partial charge >= 0.3 is 0 Å². The van der Waals surface area contributed by atoms with Gasteiger partial charge in [-0.3, -0.25) is 9.59 Å². The van der Waals surface area contributed by atoms with Gasteiger partial charge in [0, 0.05) is 41.8 Å². The number of hydrogen-bond acceptors (Lipinski definition) is 4. The van der Waals surface area contributed by atoms with Crippen LogP contribution >= 0.6 is 11.6 Å². The maximum Gasteiger partial charge on any atom is 0.268 e. The molecular weight excluding hydrogens is 418 g/mol. The Morgan fingerprint density at radius 2 is 1.87 bits per heavy atom. The molecule has 0 bridgehead atoms. The molecule has 164 valence electrons. The number of aryl methyl sites for hydroxylation is 1. The second kappa shape index (κ2) is 10.8. The standard InChI is InChI=1S/C23H26ClN3O4/c1-3-11-27-20-9-6-18(13-16(20)14-21(27)23(29)25-10-12-30-2)26-22(28)15-31-19-7-4-17(24)5-8-19/h4-9,13-14H,3,10-12,15H2,1-2H3,(H,25,29)(H,26,28). The summed E-state index contributed by atoms with van der Waals surface area (Å²) in [5, 5.41) is 7.17. The van der Waals surface area contributed by atoms with Crippen molar-refractivity contribution in [2.45, 2.75) is 19.9 Å². The SMILES string of the molecule is CCCn1c(C(=O)NCCOC)cc2cc(NC(=O)COc3ccc(Cl)cc3)ccc21. The molecule has 0 atom stereocenters. The topological polar surface area (TPSA) is 81.6 Å². The molecule has 1 aromatic heterocycles. The van der Waals surface area contributed by atoms with Crippen LogP contribution in [0.1, 0.15) is 23.8 Å². The van der Waals surface area contributed by atoms with E-state index >= 15 is 0 Å². The molecule has 3 rings (SSSR count). The fraction of sp³-hybridized carbons (Fsp3) is 0.304. The van der Waals surface area contributed by atoms with Crippen LogP contribution in [0.3, 0.4) is 0 Å². The Hall–Kier alpha value is -3.03. The Balaban J connectivity index is 1.71. The lowest BCUT2D eigenvalue weighted by atomic mass is 10.2. The van der Waals surface area contributed by atoms with Crippen molar-refractivity contribution in [2.24, 2.45) is 0 Å². The fourth-order valence-corrected chi connectivity index (χ4v) is 3.36. The molecule has 0 spiro atoms. The van der Waals surface area contributed by atoms with Crippen LogP contribution in [0, 0.1) is 0 Å². The highest BCUT2D eigenvalue weighted by molar-refractivity contribution is 6.30. The molecule has 1 heterocycles. The monoisotopic (exact) mass is 443 g/mol. The minimum atomic E-state index is -0.278. The maximum atomic E-state index is 12.6. The lowest BCUT2D eigenvalue weighted by molar-refractivity contribution is -0.118. The van der Waals surface area contributed by atoms with Crippen molar-refractivity contribution >= 4 is 40.0 Å². The van der Waals surface area contributed by atoms with Crippen LogP contribution in [0.5, 0.6) is 5.75 Å². The van der Waals surface area contributed by atoms with E-state index in [4.69, 9.17) is 21.1 Å². The zero-order valence-electron chi connectivity index (χ0n) is 17.6. The minimum Gasteiger partial charge on any atom is -0.484 e. The highest BCUT2D eigenvalue weighted by atomic mass is 35.5. The smallest absolute Gasteiger partial charge is 0.268 e. The number of fused-ring (bicyclic) bond motifs is 1. The van der Waals surface area contributed by atoms with E-state index in [-0.39, 0.29) is 18.4 Å². The highest BCUT2D eigenvalue weighted by Gasteiger charge is 2.16. The third kappa shape index (κ3) is 5.99. The number of amides is 2. The molecule has 0 radical (unpaired) electrons. The third-order valence-electron chi connectivity index (χ3n) is 4.64. The summed E-state index contributed by atoms with van der Waals surface area (Å²) in [6.45, 7) is 3.56. The van der Waals surface area contributed by atoms with Crippen LogP contribution in [0.4, 0.5) is 5.69 Å². The van der Waals surface area contributed by atoms with Crippen molar-refractivity contribution < 1.29 is 19.1 Å². The van der Waals surface area contributed by atoms with Crippen molar-refractivity contribution in [2.75, 3.05) is 32.2 Å². The van der Waals surface area contributed by atoms with Crippen molar-refractivity contribution in [3.8, 4) is 5.75 Å². The molecule has 8 heteroatoms. The van der Waals surface area contributed by atoms with E-state index < -0.39 is 0 Å². The second-order valence-corrected chi connectivity index (χ2v) is 7.43. The van der Waals surface area contributed by atoms with Gasteiger partial charge < -0.3 is 24.7 Å². The molecule has 0 saturated heterocycles. The van der Waals surface area contributed by atoms with Crippen LogP contribution in [0.25, 0.3) is 10.9 Å². The van der Waals surface area contributed by atoms with Gasteiger partial charge in [-0.05, 0) is 55.0 Å². The predicted molar refractivity (Wildman–Crippen MR) is 122 cm³/mol. The number of carbonyl (C=O) groups is 2. The Kier molecular flexibility index (Phi) is 7.92. The minimum absolute atomic E-state index is 0.121. The van der Waals surface area contributed by atoms with Gasteiger partial charge in [0.15, 0.2) is 6.61 Å². The van der Waals surface area contributed by atoms with E-state index in [0.717, 1.165) is 23.9 Å². The number of rotatable bonds is 10. The number of hydrogen-bond donors (Lipinski definition) is 2. The van der Waals surface area contributed by atoms with Crippen LogP contribution in [0.2, 0.25) is 5.02 Å². The first kappa shape index (κ1) is 22.7. The predicted octanol–water partition coefficient (Wildman–Crippen LogP) is 4.10. The third-order valence-corrected chi connectivity index (χ3v) is 4.89. The number of benzene rings is 2. The average molecular weight is 444 g/mol. The molecule has 2 amide bonds. The normalized spacial score (nSPS) is 10.8. The number of carbonyl (C=O) groups excluding carboxylic acids is 2. The summed E-state index contributed by atoms with van der Waals surface area (Å²) in [6.07, 6.45) is 0.892. The first-order chi connectivity index (χ1) is 15.0. The van der Waals surface area contributed by atoms with E-state index in [1.807, 2.05) is 28.8 Å². The molecule has 31 heavy (non-hydrogen) atoms. The molecule has 3 aromatic rings. The van der Waals surface area contributed by atoms with E-state index in [0.29, 0.717) is 35.3 Å². The Labute approximate surface area is 186 Å². The Morgan fingerprint density at radius 3 is 2.58 bits per heavy atom. The van der Waals surface area contributed by atoms with Gasteiger partial charge in [0.05, 0.1) is 6.61 Å². The second-order valence-electron chi connectivity index (χ2n) is 6.99. The number of halogens is 1. The zero-order valence-corrected chi connectivity index (χ0v) is 18.4. The number of nitrogens with zero attached hydrogens (tertiary/aromatic N) is 1.